The molecule has 1 saturated heterocycles. The highest BCUT2D eigenvalue weighted by Crippen LogP contribution is 2.27. The molecule has 2 aliphatic rings. The first kappa shape index (κ1) is 14.3. The highest BCUT2D eigenvalue weighted by atomic mass is 16.5. The number of ether oxygens (including phenoxy) is 2. The van der Waals surface area contributed by atoms with Gasteiger partial charge >= 0.3 is 0 Å². The second kappa shape index (κ2) is 6.01. The standard InChI is InChI=1S/C15H20N2O4/c1-10-7-21-14-4-12(15(18)16-19)2-3-13(14)6-17(10)5-11-8-20-9-11/h2-4,10-11,19H,5-9H2,1H3,(H,16,18)/t10-/m0/s1. The Morgan fingerprint density at radius 3 is 2.90 bits per heavy atom. The summed E-state index contributed by atoms with van der Waals surface area (Å²) in [4.78, 5) is 13.9. The zero-order valence-corrected chi connectivity index (χ0v) is 12.0. The molecule has 0 bridgehead atoms. The number of hydrogen-bond donors (Lipinski definition) is 2. The van der Waals surface area contributed by atoms with E-state index in [1.54, 1.807) is 17.6 Å². The molecule has 0 aliphatic carbocycles. The van der Waals surface area contributed by atoms with E-state index in [4.69, 9.17) is 14.7 Å². The maximum absolute atomic E-state index is 11.5. The van der Waals surface area contributed by atoms with Gasteiger partial charge in [0.25, 0.3) is 5.91 Å². The van der Waals surface area contributed by atoms with Crippen LogP contribution in [0.25, 0.3) is 0 Å². The molecule has 0 unspecified atom stereocenters. The van der Waals surface area contributed by atoms with Crippen LogP contribution in [0, 0.1) is 5.92 Å². The summed E-state index contributed by atoms with van der Waals surface area (Å²) < 4.78 is 11.1. The van der Waals surface area contributed by atoms with Gasteiger partial charge in [-0.2, -0.15) is 0 Å². The molecule has 2 aliphatic heterocycles. The van der Waals surface area contributed by atoms with Crippen LogP contribution in [0.4, 0.5) is 0 Å². The summed E-state index contributed by atoms with van der Waals surface area (Å²) >= 11 is 0. The van der Waals surface area contributed by atoms with Crippen molar-refractivity contribution in [3.63, 3.8) is 0 Å². The fourth-order valence-corrected chi connectivity index (χ4v) is 2.68. The summed E-state index contributed by atoms with van der Waals surface area (Å²) in [6, 6.07) is 5.59. The van der Waals surface area contributed by atoms with Crippen LogP contribution >= 0.6 is 0 Å². The molecule has 1 aromatic rings. The maximum atomic E-state index is 11.5. The van der Waals surface area contributed by atoms with E-state index in [1.165, 1.54) is 0 Å². The van der Waals surface area contributed by atoms with Crippen molar-refractivity contribution >= 4 is 5.91 Å². The number of nitrogens with zero attached hydrogens (tertiary/aromatic N) is 1. The van der Waals surface area contributed by atoms with Crippen molar-refractivity contribution in [3.8, 4) is 5.75 Å². The van der Waals surface area contributed by atoms with Crippen LogP contribution in [0.15, 0.2) is 18.2 Å². The average Bonchev–Trinajstić information content (AvgIpc) is 2.61. The van der Waals surface area contributed by atoms with Crippen LogP contribution in [0.3, 0.4) is 0 Å². The number of rotatable bonds is 3. The molecular formula is C15H20N2O4. The summed E-state index contributed by atoms with van der Waals surface area (Å²) in [6.07, 6.45) is 0. The highest BCUT2D eigenvalue weighted by Gasteiger charge is 2.27. The molecule has 114 valence electrons. The molecule has 1 fully saturated rings. The van der Waals surface area contributed by atoms with E-state index in [9.17, 15) is 4.79 Å². The molecule has 6 nitrogen and oxygen atoms in total. The number of hydrogen-bond acceptors (Lipinski definition) is 5. The van der Waals surface area contributed by atoms with Gasteiger partial charge in [0.15, 0.2) is 0 Å². The second-order valence-corrected chi connectivity index (χ2v) is 5.76. The van der Waals surface area contributed by atoms with Crippen LogP contribution < -0.4 is 10.2 Å². The third-order valence-corrected chi connectivity index (χ3v) is 4.11. The lowest BCUT2D eigenvalue weighted by molar-refractivity contribution is -0.0529. The van der Waals surface area contributed by atoms with E-state index in [1.807, 2.05) is 6.07 Å². The van der Waals surface area contributed by atoms with Crippen LogP contribution in [0.1, 0.15) is 22.8 Å². The third kappa shape index (κ3) is 3.02. The molecule has 6 heteroatoms. The van der Waals surface area contributed by atoms with E-state index in [2.05, 4.69) is 11.8 Å². The lowest BCUT2D eigenvalue weighted by atomic mass is 10.1. The minimum atomic E-state index is -0.526. The van der Waals surface area contributed by atoms with Crippen molar-refractivity contribution in [1.82, 2.24) is 10.4 Å². The van der Waals surface area contributed by atoms with Crippen LogP contribution in [-0.2, 0) is 11.3 Å². The van der Waals surface area contributed by atoms with Crippen LogP contribution in [-0.4, -0.2) is 48.4 Å². The molecule has 0 spiro atoms. The van der Waals surface area contributed by atoms with Crippen molar-refractivity contribution in [3.05, 3.63) is 29.3 Å². The number of benzene rings is 1. The fourth-order valence-electron chi connectivity index (χ4n) is 2.68. The Hall–Kier alpha value is -1.63. The van der Waals surface area contributed by atoms with Gasteiger partial charge in [0.1, 0.15) is 12.4 Å². The minimum Gasteiger partial charge on any atom is -0.492 e. The Bertz CT molecular complexity index is 530. The van der Waals surface area contributed by atoms with Gasteiger partial charge in [-0.15, -0.1) is 0 Å². The number of carbonyl (C=O) groups excluding carboxylic acids is 1. The van der Waals surface area contributed by atoms with Gasteiger partial charge in [-0.1, -0.05) is 6.07 Å². The lowest BCUT2D eigenvalue weighted by Crippen LogP contribution is -2.43. The Kier molecular flexibility index (Phi) is 4.10. The topological polar surface area (TPSA) is 71.0 Å². The number of fused-ring (bicyclic) bond motifs is 1. The SMILES string of the molecule is C[C@H]1COc2cc(C(=O)NO)ccc2CN1CC1COC1. The van der Waals surface area contributed by atoms with Crippen molar-refractivity contribution in [2.75, 3.05) is 26.4 Å². The Morgan fingerprint density at radius 2 is 2.24 bits per heavy atom. The molecule has 0 radical (unpaired) electrons. The summed E-state index contributed by atoms with van der Waals surface area (Å²) in [5, 5.41) is 8.70. The van der Waals surface area contributed by atoms with Gasteiger partial charge in [0.2, 0.25) is 0 Å². The average molecular weight is 292 g/mol. The number of carbonyl (C=O) groups is 1. The van der Waals surface area contributed by atoms with E-state index in [-0.39, 0.29) is 0 Å². The first-order valence-electron chi connectivity index (χ1n) is 7.19. The molecule has 21 heavy (non-hydrogen) atoms. The van der Waals surface area contributed by atoms with Gasteiger partial charge in [-0.3, -0.25) is 14.9 Å². The van der Waals surface area contributed by atoms with Crippen LogP contribution in [0.5, 0.6) is 5.75 Å². The molecule has 2 heterocycles. The zero-order valence-electron chi connectivity index (χ0n) is 12.0. The van der Waals surface area contributed by atoms with E-state index in [0.717, 1.165) is 37.6 Å². The Balaban J connectivity index is 1.78. The van der Waals surface area contributed by atoms with Crippen molar-refractivity contribution in [2.24, 2.45) is 5.92 Å². The molecule has 1 amide bonds. The first-order chi connectivity index (χ1) is 10.2. The number of amides is 1. The minimum absolute atomic E-state index is 0.313. The quantitative estimate of drug-likeness (QED) is 0.643. The predicted octanol–water partition coefficient (Wildman–Crippen LogP) is 1.03. The van der Waals surface area contributed by atoms with Gasteiger partial charge in [0.05, 0.1) is 13.2 Å². The summed E-state index contributed by atoms with van der Waals surface area (Å²) in [7, 11) is 0. The molecular weight excluding hydrogens is 272 g/mol. The molecule has 2 N–H and O–H groups in total. The summed E-state index contributed by atoms with van der Waals surface area (Å²) in [6.45, 7) is 6.22. The van der Waals surface area contributed by atoms with E-state index >= 15 is 0 Å². The van der Waals surface area contributed by atoms with Gasteiger partial charge in [-0.25, -0.2) is 5.48 Å². The largest absolute Gasteiger partial charge is 0.492 e. The van der Waals surface area contributed by atoms with Gasteiger partial charge in [0, 0.05) is 36.2 Å². The maximum Gasteiger partial charge on any atom is 0.274 e. The molecule has 1 atom stereocenters. The van der Waals surface area contributed by atoms with E-state index in [0.29, 0.717) is 24.1 Å². The fraction of sp³-hybridized carbons (Fsp3) is 0.533. The normalized spacial score (nSPS) is 22.7. The van der Waals surface area contributed by atoms with Crippen LogP contribution in [0.2, 0.25) is 0 Å². The smallest absolute Gasteiger partial charge is 0.274 e. The van der Waals surface area contributed by atoms with Crippen molar-refractivity contribution in [2.45, 2.75) is 19.5 Å². The highest BCUT2D eigenvalue weighted by molar-refractivity contribution is 5.93. The van der Waals surface area contributed by atoms with E-state index < -0.39 is 5.91 Å². The molecule has 0 saturated carbocycles. The monoisotopic (exact) mass is 292 g/mol. The number of nitrogens with one attached hydrogen (secondary N) is 1. The summed E-state index contributed by atoms with van der Waals surface area (Å²) in [5.41, 5.74) is 3.10. The second-order valence-electron chi connectivity index (χ2n) is 5.76. The van der Waals surface area contributed by atoms with Gasteiger partial charge < -0.3 is 9.47 Å². The predicted molar refractivity (Wildman–Crippen MR) is 75.4 cm³/mol. The Morgan fingerprint density at radius 1 is 1.43 bits per heavy atom. The van der Waals surface area contributed by atoms with Crippen molar-refractivity contribution in [1.29, 1.82) is 0 Å². The summed E-state index contributed by atoms with van der Waals surface area (Å²) in [5.74, 6) is 0.797. The number of hydroxylamine groups is 1. The van der Waals surface area contributed by atoms with Gasteiger partial charge in [-0.05, 0) is 19.1 Å². The third-order valence-electron chi connectivity index (χ3n) is 4.11. The lowest BCUT2D eigenvalue weighted by Gasteiger charge is -2.34. The Labute approximate surface area is 123 Å². The first-order valence-corrected chi connectivity index (χ1v) is 7.19. The molecule has 3 rings (SSSR count). The van der Waals surface area contributed by atoms with Crippen molar-refractivity contribution < 1.29 is 19.5 Å². The zero-order chi connectivity index (χ0) is 14.8. The molecule has 1 aromatic carbocycles. The molecule has 0 aromatic heterocycles.